The lowest BCUT2D eigenvalue weighted by Gasteiger charge is -2.28. The Morgan fingerprint density at radius 2 is 2.27 bits per heavy atom. The Balaban J connectivity index is 1.88. The predicted octanol–water partition coefficient (Wildman–Crippen LogP) is 0.551. The molecular formula is C10H15N5. The van der Waals surface area contributed by atoms with Crippen LogP contribution in [0.4, 0.5) is 0 Å². The van der Waals surface area contributed by atoms with Gasteiger partial charge in [-0.2, -0.15) is 10.4 Å². The second kappa shape index (κ2) is 4.41. The molecule has 1 fully saturated rings. The fraction of sp³-hybridized carbons (Fsp3) is 0.700. The molecule has 0 N–H and O–H groups in total. The number of likely N-dealkylation sites (tertiary alicyclic amines) is 1. The van der Waals surface area contributed by atoms with Crippen LogP contribution in [0.1, 0.15) is 18.7 Å². The van der Waals surface area contributed by atoms with Gasteiger partial charge in [0.1, 0.15) is 12.2 Å². The topological polar surface area (TPSA) is 57.7 Å². The van der Waals surface area contributed by atoms with Crippen LogP contribution >= 0.6 is 0 Å². The van der Waals surface area contributed by atoms with Crippen LogP contribution in [0, 0.1) is 17.2 Å². The van der Waals surface area contributed by atoms with Crippen LogP contribution in [-0.4, -0.2) is 32.8 Å². The van der Waals surface area contributed by atoms with E-state index in [2.05, 4.69) is 21.1 Å². The molecule has 0 bridgehead atoms. The number of aryl methyl sites for hydroxylation is 1. The lowest BCUT2D eigenvalue weighted by molar-refractivity contribution is 0.191. The van der Waals surface area contributed by atoms with E-state index >= 15 is 0 Å². The van der Waals surface area contributed by atoms with E-state index in [1.165, 1.54) is 0 Å². The summed E-state index contributed by atoms with van der Waals surface area (Å²) < 4.78 is 1.80. The van der Waals surface area contributed by atoms with Crippen molar-refractivity contribution in [2.24, 2.45) is 13.0 Å². The zero-order chi connectivity index (χ0) is 10.7. The highest BCUT2D eigenvalue weighted by atomic mass is 15.3. The summed E-state index contributed by atoms with van der Waals surface area (Å²) in [6.07, 6.45) is 3.54. The van der Waals surface area contributed by atoms with Gasteiger partial charge in [-0.05, 0) is 25.9 Å². The summed E-state index contributed by atoms with van der Waals surface area (Å²) in [6, 6.07) is 2.33. The molecule has 0 unspecified atom stereocenters. The Hall–Kier alpha value is -1.41. The molecule has 5 nitrogen and oxygen atoms in total. The van der Waals surface area contributed by atoms with Gasteiger partial charge in [0, 0.05) is 13.0 Å². The maximum atomic E-state index is 8.78. The van der Waals surface area contributed by atoms with Gasteiger partial charge in [-0.3, -0.25) is 9.58 Å². The smallest absolute Gasteiger partial charge is 0.140 e. The van der Waals surface area contributed by atoms with Crippen molar-refractivity contribution in [3.8, 4) is 6.07 Å². The van der Waals surface area contributed by atoms with Crippen molar-refractivity contribution < 1.29 is 0 Å². The summed E-state index contributed by atoms with van der Waals surface area (Å²) in [7, 11) is 1.91. The van der Waals surface area contributed by atoms with E-state index in [9.17, 15) is 0 Å². The van der Waals surface area contributed by atoms with E-state index in [1.54, 1.807) is 11.0 Å². The van der Waals surface area contributed by atoms with E-state index in [-0.39, 0.29) is 5.92 Å². The molecule has 2 rings (SSSR count). The van der Waals surface area contributed by atoms with Crippen LogP contribution in [0.25, 0.3) is 0 Å². The second-order valence-corrected chi connectivity index (χ2v) is 3.98. The van der Waals surface area contributed by atoms with E-state index in [0.717, 1.165) is 38.3 Å². The minimum atomic E-state index is 0.251. The van der Waals surface area contributed by atoms with E-state index in [4.69, 9.17) is 5.26 Å². The van der Waals surface area contributed by atoms with Crippen molar-refractivity contribution in [2.75, 3.05) is 13.1 Å². The third-order valence-electron chi connectivity index (χ3n) is 2.94. The summed E-state index contributed by atoms with van der Waals surface area (Å²) >= 11 is 0. The lowest BCUT2D eigenvalue weighted by Crippen LogP contribution is -2.33. The van der Waals surface area contributed by atoms with Crippen molar-refractivity contribution in [1.82, 2.24) is 19.7 Å². The molecular weight excluding hydrogens is 190 g/mol. The molecule has 1 aromatic rings. The van der Waals surface area contributed by atoms with Gasteiger partial charge in [0.2, 0.25) is 0 Å². The van der Waals surface area contributed by atoms with Crippen LogP contribution in [-0.2, 0) is 13.6 Å². The highest BCUT2D eigenvalue weighted by molar-refractivity contribution is 4.90. The van der Waals surface area contributed by atoms with E-state index in [0.29, 0.717) is 0 Å². The predicted molar refractivity (Wildman–Crippen MR) is 54.6 cm³/mol. The summed E-state index contributed by atoms with van der Waals surface area (Å²) in [6.45, 7) is 2.82. The van der Waals surface area contributed by atoms with Crippen LogP contribution in [0.3, 0.4) is 0 Å². The fourth-order valence-electron chi connectivity index (χ4n) is 1.88. The number of nitriles is 1. The van der Waals surface area contributed by atoms with Crippen molar-refractivity contribution >= 4 is 0 Å². The van der Waals surface area contributed by atoms with Gasteiger partial charge in [0.05, 0.1) is 12.6 Å². The molecule has 80 valence electrons. The van der Waals surface area contributed by atoms with Crippen molar-refractivity contribution in [3.05, 3.63) is 12.2 Å². The zero-order valence-corrected chi connectivity index (χ0v) is 8.93. The van der Waals surface area contributed by atoms with E-state index < -0.39 is 0 Å². The molecule has 1 saturated heterocycles. The van der Waals surface area contributed by atoms with Gasteiger partial charge in [-0.15, -0.1) is 0 Å². The number of piperidine rings is 1. The Labute approximate surface area is 89.3 Å². The summed E-state index contributed by atoms with van der Waals surface area (Å²) in [4.78, 5) is 6.53. The molecule has 0 aromatic carbocycles. The van der Waals surface area contributed by atoms with Gasteiger partial charge in [-0.25, -0.2) is 4.98 Å². The quantitative estimate of drug-likeness (QED) is 0.707. The molecule has 0 atom stereocenters. The van der Waals surface area contributed by atoms with Crippen LogP contribution in [0.2, 0.25) is 0 Å². The second-order valence-electron chi connectivity index (χ2n) is 3.98. The van der Waals surface area contributed by atoms with Gasteiger partial charge in [-0.1, -0.05) is 0 Å². The number of hydrogen-bond acceptors (Lipinski definition) is 4. The number of hydrogen-bond donors (Lipinski definition) is 0. The minimum Gasteiger partial charge on any atom is -0.296 e. The standard InChI is InChI=1S/C10H15N5/c1-14-10(12-8-13-14)7-15-4-2-9(6-11)3-5-15/h8-9H,2-5,7H2,1H3. The first kappa shape index (κ1) is 10.1. The molecule has 1 aliphatic rings. The van der Waals surface area contributed by atoms with Crippen LogP contribution in [0.5, 0.6) is 0 Å². The molecule has 0 spiro atoms. The summed E-state index contributed by atoms with van der Waals surface area (Å²) in [5, 5.41) is 12.8. The Morgan fingerprint density at radius 3 is 2.80 bits per heavy atom. The fourth-order valence-corrected chi connectivity index (χ4v) is 1.88. The normalized spacial score (nSPS) is 18.9. The third-order valence-corrected chi connectivity index (χ3v) is 2.94. The van der Waals surface area contributed by atoms with Gasteiger partial charge in [0.15, 0.2) is 0 Å². The Bertz CT molecular complexity index is 356. The number of nitrogens with zero attached hydrogens (tertiary/aromatic N) is 5. The molecule has 0 radical (unpaired) electrons. The van der Waals surface area contributed by atoms with E-state index in [1.807, 2.05) is 7.05 Å². The van der Waals surface area contributed by atoms with Gasteiger partial charge in [0.25, 0.3) is 0 Å². The highest BCUT2D eigenvalue weighted by Gasteiger charge is 2.19. The molecule has 2 heterocycles. The summed E-state index contributed by atoms with van der Waals surface area (Å²) in [5.41, 5.74) is 0. The molecule has 15 heavy (non-hydrogen) atoms. The maximum absolute atomic E-state index is 8.78. The number of rotatable bonds is 2. The monoisotopic (exact) mass is 205 g/mol. The maximum Gasteiger partial charge on any atom is 0.140 e. The molecule has 1 aromatic heterocycles. The third kappa shape index (κ3) is 2.34. The minimum absolute atomic E-state index is 0.251. The molecule has 5 heteroatoms. The molecule has 0 amide bonds. The molecule has 1 aliphatic heterocycles. The highest BCUT2D eigenvalue weighted by Crippen LogP contribution is 2.17. The Morgan fingerprint density at radius 1 is 1.53 bits per heavy atom. The SMILES string of the molecule is Cn1ncnc1CN1CCC(C#N)CC1. The molecule has 0 saturated carbocycles. The summed E-state index contributed by atoms with van der Waals surface area (Å²) in [5.74, 6) is 1.24. The lowest BCUT2D eigenvalue weighted by atomic mass is 9.99. The van der Waals surface area contributed by atoms with Crippen LogP contribution < -0.4 is 0 Å². The van der Waals surface area contributed by atoms with Crippen molar-refractivity contribution in [1.29, 1.82) is 5.26 Å². The van der Waals surface area contributed by atoms with Crippen LogP contribution in [0.15, 0.2) is 6.33 Å². The van der Waals surface area contributed by atoms with Gasteiger partial charge < -0.3 is 0 Å². The molecule has 0 aliphatic carbocycles. The average Bonchev–Trinajstić information content (AvgIpc) is 2.66. The zero-order valence-electron chi connectivity index (χ0n) is 8.93. The van der Waals surface area contributed by atoms with Crippen molar-refractivity contribution in [3.63, 3.8) is 0 Å². The van der Waals surface area contributed by atoms with Crippen molar-refractivity contribution in [2.45, 2.75) is 19.4 Å². The first-order valence-corrected chi connectivity index (χ1v) is 5.24. The number of aromatic nitrogens is 3. The van der Waals surface area contributed by atoms with Gasteiger partial charge >= 0.3 is 0 Å². The first-order chi connectivity index (χ1) is 7.29. The largest absolute Gasteiger partial charge is 0.296 e. The first-order valence-electron chi connectivity index (χ1n) is 5.24. The Kier molecular flexibility index (Phi) is 2.97. The average molecular weight is 205 g/mol.